The summed E-state index contributed by atoms with van der Waals surface area (Å²) in [5.41, 5.74) is -0.323. The lowest BCUT2D eigenvalue weighted by Crippen LogP contribution is -2.34. The van der Waals surface area contributed by atoms with E-state index in [9.17, 15) is 14.4 Å². The topological polar surface area (TPSA) is 69.0 Å². The quantitative estimate of drug-likeness (QED) is 0.480. The molecule has 0 bridgehead atoms. The van der Waals surface area contributed by atoms with E-state index in [-0.39, 0.29) is 17.1 Å². The van der Waals surface area contributed by atoms with E-state index in [2.05, 4.69) is 4.98 Å². The van der Waals surface area contributed by atoms with Crippen LogP contribution in [0.5, 0.6) is 0 Å². The molecular formula is C14H16N2O3S2. The van der Waals surface area contributed by atoms with Gasteiger partial charge in [0.1, 0.15) is 4.83 Å². The van der Waals surface area contributed by atoms with Crippen LogP contribution in [0.3, 0.4) is 0 Å². The number of hydrogen-bond donors (Lipinski definition) is 0. The Morgan fingerprint density at radius 2 is 2.00 bits per heavy atom. The highest BCUT2D eigenvalue weighted by Gasteiger charge is 2.27. The predicted octanol–water partition coefficient (Wildman–Crippen LogP) is 2.46. The molecule has 0 aromatic carbocycles. The van der Waals surface area contributed by atoms with Gasteiger partial charge in [-0.3, -0.25) is 19.0 Å². The van der Waals surface area contributed by atoms with Gasteiger partial charge in [-0.05, 0) is 32.6 Å². The third-order valence-electron chi connectivity index (χ3n) is 3.18. The Hall–Kier alpha value is -1.47. The van der Waals surface area contributed by atoms with Gasteiger partial charge in [0, 0.05) is 4.88 Å². The van der Waals surface area contributed by atoms with Crippen LogP contribution >= 0.6 is 23.1 Å². The minimum atomic E-state index is -1.10. The Labute approximate surface area is 130 Å². The molecule has 7 heteroatoms. The largest absolute Gasteiger partial charge is 0.297 e. The number of nitrogens with zero attached hydrogens (tertiary/aromatic N) is 2. The van der Waals surface area contributed by atoms with Crippen molar-refractivity contribution in [2.75, 3.05) is 6.26 Å². The summed E-state index contributed by atoms with van der Waals surface area (Å²) in [6.45, 7) is 4.64. The number of fused-ring (bicyclic) bond motifs is 1. The van der Waals surface area contributed by atoms with Crippen LogP contribution in [0.25, 0.3) is 10.2 Å². The summed E-state index contributed by atoms with van der Waals surface area (Å²) in [5, 5.41) is 0.870. The highest BCUT2D eigenvalue weighted by molar-refractivity contribution is 7.98. The summed E-state index contributed by atoms with van der Waals surface area (Å²) < 4.78 is 1.23. The fraction of sp³-hybridized carbons (Fsp3) is 0.429. The maximum absolute atomic E-state index is 12.7. The van der Waals surface area contributed by atoms with Gasteiger partial charge in [-0.25, -0.2) is 4.98 Å². The molecule has 5 nitrogen and oxygen atoms in total. The van der Waals surface area contributed by atoms with Crippen molar-refractivity contribution in [3.05, 3.63) is 21.3 Å². The molecule has 0 spiro atoms. The maximum Gasteiger partial charge on any atom is 0.263 e. The standard InChI is InChI=1S/C14H16N2O3S2/c1-5-9-6-10-12(21-9)15-14(20-4)16(13(10)19)11(7(2)17)8(3)18/h6,11H,5H2,1-4H3. The molecule has 0 amide bonds. The molecule has 0 aliphatic carbocycles. The van der Waals surface area contributed by atoms with Gasteiger partial charge in [-0.1, -0.05) is 18.7 Å². The first kappa shape index (κ1) is 15.9. The van der Waals surface area contributed by atoms with Gasteiger partial charge in [0.2, 0.25) is 0 Å². The molecule has 2 aromatic heterocycles. The molecule has 0 saturated carbocycles. The lowest BCUT2D eigenvalue weighted by Gasteiger charge is -2.17. The van der Waals surface area contributed by atoms with E-state index >= 15 is 0 Å². The summed E-state index contributed by atoms with van der Waals surface area (Å²) in [6.07, 6.45) is 2.59. The number of rotatable bonds is 5. The molecule has 21 heavy (non-hydrogen) atoms. The van der Waals surface area contributed by atoms with Gasteiger partial charge in [0.25, 0.3) is 5.56 Å². The molecular weight excluding hydrogens is 308 g/mol. The Kier molecular flexibility index (Phi) is 4.63. The molecule has 2 aromatic rings. The number of carbonyl (C=O) groups excluding carboxylic acids is 2. The number of aromatic nitrogens is 2. The average molecular weight is 324 g/mol. The zero-order valence-electron chi connectivity index (χ0n) is 12.3. The molecule has 0 aliphatic rings. The number of Topliss-reactive ketones (excluding diaryl/α,β-unsaturated/α-hetero) is 2. The van der Waals surface area contributed by atoms with Gasteiger partial charge in [-0.2, -0.15) is 0 Å². The number of aryl methyl sites for hydroxylation is 1. The van der Waals surface area contributed by atoms with Crippen LogP contribution in [0.15, 0.2) is 16.0 Å². The van der Waals surface area contributed by atoms with Crippen molar-refractivity contribution in [3.63, 3.8) is 0 Å². The Morgan fingerprint density at radius 1 is 1.38 bits per heavy atom. The molecule has 0 unspecified atom stereocenters. The van der Waals surface area contributed by atoms with Gasteiger partial charge in [-0.15, -0.1) is 11.3 Å². The van der Waals surface area contributed by atoms with Gasteiger partial charge in [0.15, 0.2) is 22.8 Å². The third kappa shape index (κ3) is 2.80. The fourth-order valence-corrected chi connectivity index (χ4v) is 3.80. The minimum absolute atomic E-state index is 0.323. The van der Waals surface area contributed by atoms with Crippen molar-refractivity contribution < 1.29 is 9.59 Å². The second-order valence-corrected chi connectivity index (χ2v) is 6.57. The van der Waals surface area contributed by atoms with Crippen LogP contribution in [0.1, 0.15) is 31.7 Å². The molecule has 0 saturated heterocycles. The van der Waals surface area contributed by atoms with E-state index in [1.165, 1.54) is 41.5 Å². The highest BCUT2D eigenvalue weighted by atomic mass is 32.2. The Balaban J connectivity index is 2.83. The number of thioether (sulfide) groups is 1. The molecule has 0 radical (unpaired) electrons. The van der Waals surface area contributed by atoms with Crippen molar-refractivity contribution in [3.8, 4) is 0 Å². The fourth-order valence-electron chi connectivity index (χ4n) is 2.22. The molecule has 2 rings (SSSR count). The SMILES string of the molecule is CCc1cc2c(=O)n(C(C(C)=O)C(C)=O)c(SC)nc2s1. The van der Waals surface area contributed by atoms with E-state index in [0.29, 0.717) is 15.4 Å². The number of carbonyl (C=O) groups is 2. The molecule has 0 fully saturated rings. The van der Waals surface area contributed by atoms with Crippen molar-refractivity contribution in [1.82, 2.24) is 9.55 Å². The summed E-state index contributed by atoms with van der Waals surface area (Å²) in [5.74, 6) is -0.709. The molecule has 2 heterocycles. The summed E-state index contributed by atoms with van der Waals surface area (Å²) in [6, 6.07) is 0.703. The molecule has 112 valence electrons. The lowest BCUT2D eigenvalue weighted by atomic mass is 10.1. The van der Waals surface area contributed by atoms with Crippen LogP contribution in [-0.2, 0) is 16.0 Å². The van der Waals surface area contributed by atoms with E-state index < -0.39 is 6.04 Å². The van der Waals surface area contributed by atoms with Crippen molar-refractivity contribution in [1.29, 1.82) is 0 Å². The van der Waals surface area contributed by atoms with Crippen LogP contribution < -0.4 is 5.56 Å². The lowest BCUT2D eigenvalue weighted by molar-refractivity contribution is -0.129. The van der Waals surface area contributed by atoms with Crippen LogP contribution in [0, 0.1) is 0 Å². The van der Waals surface area contributed by atoms with Crippen molar-refractivity contribution in [2.45, 2.75) is 38.4 Å². The maximum atomic E-state index is 12.7. The van der Waals surface area contributed by atoms with Gasteiger partial charge in [0.05, 0.1) is 5.39 Å². The summed E-state index contributed by atoms with van der Waals surface area (Å²) in [4.78, 5) is 42.4. The van der Waals surface area contributed by atoms with Crippen LogP contribution in [0.4, 0.5) is 0 Å². The second kappa shape index (κ2) is 6.11. The highest BCUT2D eigenvalue weighted by Crippen LogP contribution is 2.26. The molecule has 0 atom stereocenters. The zero-order chi connectivity index (χ0) is 15.7. The second-order valence-electron chi connectivity index (χ2n) is 4.68. The van der Waals surface area contributed by atoms with Gasteiger partial charge >= 0.3 is 0 Å². The normalized spacial score (nSPS) is 11.3. The van der Waals surface area contributed by atoms with Crippen LogP contribution in [0.2, 0.25) is 0 Å². The van der Waals surface area contributed by atoms with E-state index in [1.54, 1.807) is 12.3 Å². The Bertz CT molecular complexity index is 762. The van der Waals surface area contributed by atoms with E-state index in [4.69, 9.17) is 0 Å². The first-order valence-electron chi connectivity index (χ1n) is 6.50. The number of thiophene rings is 1. The van der Waals surface area contributed by atoms with Crippen LogP contribution in [-0.4, -0.2) is 27.4 Å². The third-order valence-corrected chi connectivity index (χ3v) is 5.00. The number of hydrogen-bond acceptors (Lipinski definition) is 6. The first-order valence-corrected chi connectivity index (χ1v) is 8.54. The first-order chi connectivity index (χ1) is 9.90. The van der Waals surface area contributed by atoms with Crippen molar-refractivity contribution in [2.24, 2.45) is 0 Å². The smallest absolute Gasteiger partial charge is 0.263 e. The zero-order valence-corrected chi connectivity index (χ0v) is 13.9. The minimum Gasteiger partial charge on any atom is -0.297 e. The van der Waals surface area contributed by atoms with Gasteiger partial charge < -0.3 is 0 Å². The van der Waals surface area contributed by atoms with E-state index in [0.717, 1.165) is 11.3 Å². The van der Waals surface area contributed by atoms with Crippen molar-refractivity contribution >= 4 is 44.9 Å². The average Bonchev–Trinajstić information content (AvgIpc) is 2.84. The molecule has 0 aliphatic heterocycles. The predicted molar refractivity (Wildman–Crippen MR) is 85.4 cm³/mol. The summed E-state index contributed by atoms with van der Waals surface area (Å²) >= 11 is 2.73. The number of ketones is 2. The Morgan fingerprint density at radius 3 is 2.48 bits per heavy atom. The summed E-state index contributed by atoms with van der Waals surface area (Å²) in [7, 11) is 0. The van der Waals surface area contributed by atoms with E-state index in [1.807, 2.05) is 6.92 Å². The monoisotopic (exact) mass is 324 g/mol. The molecule has 0 N–H and O–H groups in total.